The van der Waals surface area contributed by atoms with Gasteiger partial charge < -0.3 is 10.1 Å². The van der Waals surface area contributed by atoms with E-state index in [2.05, 4.69) is 15.4 Å². The molecule has 3 aromatic rings. The second-order valence-corrected chi connectivity index (χ2v) is 8.24. The molecule has 0 bridgehead atoms. The van der Waals surface area contributed by atoms with Crippen LogP contribution >= 0.6 is 0 Å². The molecule has 1 aromatic heterocycles. The molecule has 1 amide bonds. The molecule has 1 saturated carbocycles. The van der Waals surface area contributed by atoms with Crippen molar-refractivity contribution >= 4 is 11.6 Å². The molecule has 2 aromatic carbocycles. The van der Waals surface area contributed by atoms with Crippen LogP contribution in [0.5, 0.6) is 11.5 Å². The fourth-order valence-electron chi connectivity index (χ4n) is 4.46. The van der Waals surface area contributed by atoms with Crippen molar-refractivity contribution in [2.75, 3.05) is 5.32 Å². The number of aromatic amines is 1. The number of amides is 1. The van der Waals surface area contributed by atoms with Crippen LogP contribution in [0.4, 0.5) is 5.69 Å². The zero-order valence-corrected chi connectivity index (χ0v) is 17.5. The number of carbonyl (C=O) groups excluding carboxylic acids is 1. The van der Waals surface area contributed by atoms with Gasteiger partial charge >= 0.3 is 5.69 Å². The first-order valence-electron chi connectivity index (χ1n) is 10.2. The van der Waals surface area contributed by atoms with Gasteiger partial charge in [0.25, 0.3) is 5.56 Å². The third-order valence-electron chi connectivity index (χ3n) is 6.24. The summed E-state index contributed by atoms with van der Waals surface area (Å²) in [4.78, 5) is 38.4. The number of nitrogens with zero attached hydrogens (tertiary/aromatic N) is 3. The molecule has 0 atom stereocenters. The molecule has 1 spiro atoms. The van der Waals surface area contributed by atoms with Crippen molar-refractivity contribution in [3.05, 3.63) is 73.6 Å². The van der Waals surface area contributed by atoms with Crippen LogP contribution in [0.3, 0.4) is 0 Å². The minimum Gasteiger partial charge on any atom is -0.457 e. The molecule has 0 unspecified atom stereocenters. The van der Waals surface area contributed by atoms with E-state index in [1.807, 2.05) is 32.0 Å². The lowest BCUT2D eigenvalue weighted by molar-refractivity contribution is -0.123. The number of carbonyl (C=O) groups is 1. The summed E-state index contributed by atoms with van der Waals surface area (Å²) in [5.74, 6) is 1.30. The lowest BCUT2D eigenvalue weighted by Gasteiger charge is -2.36. The molecule has 1 fully saturated rings. The fourth-order valence-corrected chi connectivity index (χ4v) is 4.46. The van der Waals surface area contributed by atoms with Gasteiger partial charge in [0, 0.05) is 5.69 Å². The lowest BCUT2D eigenvalue weighted by Crippen LogP contribution is -2.40. The van der Waals surface area contributed by atoms with Gasteiger partial charge in [0.15, 0.2) is 0 Å². The van der Waals surface area contributed by atoms with Crippen molar-refractivity contribution < 1.29 is 9.53 Å². The van der Waals surface area contributed by atoms with Gasteiger partial charge in [-0.2, -0.15) is 9.94 Å². The minimum atomic E-state index is -0.823. The smallest absolute Gasteiger partial charge is 0.349 e. The van der Waals surface area contributed by atoms with Gasteiger partial charge in [0.05, 0.1) is 11.1 Å². The third-order valence-corrected chi connectivity index (χ3v) is 6.24. The van der Waals surface area contributed by atoms with Gasteiger partial charge in [0.2, 0.25) is 11.6 Å². The molecule has 160 valence electrons. The monoisotopic (exact) mass is 429 g/mol. The van der Waals surface area contributed by atoms with Crippen molar-refractivity contribution in [2.24, 2.45) is 0 Å². The van der Waals surface area contributed by atoms with Gasteiger partial charge in [-0.3, -0.25) is 14.6 Å². The standard InChI is InChI=1S/C23H19N5O4/c1-12-8-14(28-22(31)26-20(29)18(11-24)27-28)9-13(2)19(12)32-15-4-5-17-16(10-15)23(6-3-7-23)21(30)25-17/h4-5,8-10H,3,6-7H2,1-2H3,(H,25,30)(H,26,29,31). The number of nitriles is 1. The van der Waals surface area contributed by atoms with E-state index in [1.165, 1.54) is 0 Å². The van der Waals surface area contributed by atoms with Crippen molar-refractivity contribution in [1.82, 2.24) is 14.8 Å². The summed E-state index contributed by atoms with van der Waals surface area (Å²) in [6.07, 6.45) is 2.71. The molecule has 2 N–H and O–H groups in total. The molecule has 9 nitrogen and oxygen atoms in total. The second kappa shape index (κ2) is 6.92. The van der Waals surface area contributed by atoms with E-state index in [4.69, 9.17) is 10.00 Å². The summed E-state index contributed by atoms with van der Waals surface area (Å²) in [6.45, 7) is 3.67. The number of aryl methyl sites for hydroxylation is 2. The molecule has 32 heavy (non-hydrogen) atoms. The number of anilines is 1. The van der Waals surface area contributed by atoms with Gasteiger partial charge in [-0.25, -0.2) is 4.79 Å². The topological polar surface area (TPSA) is 130 Å². The SMILES string of the molecule is Cc1cc(-n2nc(C#N)c(=O)[nH]c2=O)cc(C)c1Oc1ccc2c(c1)C1(CCC1)C(=O)N2. The van der Waals surface area contributed by atoms with Crippen LogP contribution in [0.25, 0.3) is 5.69 Å². The van der Waals surface area contributed by atoms with E-state index in [9.17, 15) is 14.4 Å². The number of fused-ring (bicyclic) bond motifs is 2. The number of benzene rings is 2. The maximum Gasteiger partial charge on any atom is 0.349 e. The van der Waals surface area contributed by atoms with E-state index in [0.717, 1.165) is 46.3 Å². The maximum atomic E-state index is 12.5. The average molecular weight is 429 g/mol. The lowest BCUT2D eigenvalue weighted by atomic mass is 9.65. The number of nitrogens with one attached hydrogen (secondary N) is 2. The summed E-state index contributed by atoms with van der Waals surface area (Å²) in [5, 5.41) is 15.9. The highest BCUT2D eigenvalue weighted by Gasteiger charge is 2.51. The van der Waals surface area contributed by atoms with Crippen LogP contribution in [-0.2, 0) is 10.2 Å². The van der Waals surface area contributed by atoms with Crippen LogP contribution < -0.4 is 21.3 Å². The molecular formula is C23H19N5O4. The molecule has 1 aliphatic heterocycles. The Morgan fingerprint density at radius 1 is 1.12 bits per heavy atom. The fraction of sp³-hybridized carbons (Fsp3) is 0.261. The number of aromatic nitrogens is 3. The van der Waals surface area contributed by atoms with Crippen molar-refractivity contribution in [3.8, 4) is 23.3 Å². The Morgan fingerprint density at radius 2 is 1.84 bits per heavy atom. The largest absolute Gasteiger partial charge is 0.457 e. The predicted octanol–water partition coefficient (Wildman–Crippen LogP) is 2.58. The Kier molecular flexibility index (Phi) is 4.27. The van der Waals surface area contributed by atoms with Crippen LogP contribution in [0, 0.1) is 25.2 Å². The highest BCUT2D eigenvalue weighted by atomic mass is 16.5. The average Bonchev–Trinajstić information content (AvgIpc) is 3.02. The Hall–Kier alpha value is -4.19. The first-order valence-corrected chi connectivity index (χ1v) is 10.2. The highest BCUT2D eigenvalue weighted by Crippen LogP contribution is 2.52. The van der Waals surface area contributed by atoms with Gasteiger partial charge in [-0.15, -0.1) is 5.10 Å². The number of hydrogen-bond acceptors (Lipinski definition) is 6. The Bertz CT molecular complexity index is 1430. The molecular weight excluding hydrogens is 410 g/mol. The molecule has 9 heteroatoms. The van der Waals surface area contributed by atoms with Crippen molar-refractivity contribution in [2.45, 2.75) is 38.5 Å². The molecule has 0 radical (unpaired) electrons. The quantitative estimate of drug-likeness (QED) is 0.658. The molecule has 0 saturated heterocycles. The first kappa shape index (κ1) is 19.8. The maximum absolute atomic E-state index is 12.5. The van der Waals surface area contributed by atoms with Gasteiger partial charge in [-0.1, -0.05) is 6.42 Å². The van der Waals surface area contributed by atoms with Gasteiger partial charge in [0.1, 0.15) is 17.6 Å². The Labute approximate surface area is 182 Å². The summed E-state index contributed by atoms with van der Waals surface area (Å²) < 4.78 is 7.17. The highest BCUT2D eigenvalue weighted by molar-refractivity contribution is 6.07. The Balaban J connectivity index is 1.51. The third kappa shape index (κ3) is 2.84. The summed E-state index contributed by atoms with van der Waals surface area (Å²) in [6, 6.07) is 10.7. The van der Waals surface area contributed by atoms with E-state index in [1.54, 1.807) is 18.2 Å². The van der Waals surface area contributed by atoms with Gasteiger partial charge in [-0.05, 0) is 73.7 Å². The molecule has 1 aliphatic carbocycles. The van der Waals surface area contributed by atoms with E-state index in [-0.39, 0.29) is 5.91 Å². The number of rotatable bonds is 3. The van der Waals surface area contributed by atoms with E-state index in [0.29, 0.717) is 17.2 Å². The van der Waals surface area contributed by atoms with Crippen LogP contribution in [-0.4, -0.2) is 20.7 Å². The summed E-state index contributed by atoms with van der Waals surface area (Å²) >= 11 is 0. The first-order chi connectivity index (χ1) is 15.3. The molecule has 2 heterocycles. The van der Waals surface area contributed by atoms with E-state index >= 15 is 0 Å². The zero-order valence-electron chi connectivity index (χ0n) is 17.5. The van der Waals surface area contributed by atoms with Crippen LogP contribution in [0.2, 0.25) is 0 Å². The number of hydrogen-bond donors (Lipinski definition) is 2. The normalized spacial score (nSPS) is 15.6. The van der Waals surface area contributed by atoms with Crippen molar-refractivity contribution in [3.63, 3.8) is 0 Å². The molecule has 2 aliphatic rings. The Morgan fingerprint density at radius 3 is 2.47 bits per heavy atom. The number of H-pyrrole nitrogens is 1. The zero-order chi connectivity index (χ0) is 22.6. The number of ether oxygens (including phenoxy) is 1. The summed E-state index contributed by atoms with van der Waals surface area (Å²) in [7, 11) is 0. The van der Waals surface area contributed by atoms with Crippen molar-refractivity contribution in [1.29, 1.82) is 5.26 Å². The predicted molar refractivity (Wildman–Crippen MR) is 115 cm³/mol. The van der Waals surface area contributed by atoms with E-state index < -0.39 is 22.4 Å². The van der Waals surface area contributed by atoms with Crippen LogP contribution in [0.1, 0.15) is 41.6 Å². The second-order valence-electron chi connectivity index (χ2n) is 8.24. The summed E-state index contributed by atoms with van der Waals surface area (Å²) in [5.41, 5.74) is 1.32. The minimum absolute atomic E-state index is 0.0585. The molecule has 5 rings (SSSR count). The van der Waals surface area contributed by atoms with Crippen LogP contribution in [0.15, 0.2) is 39.9 Å².